The van der Waals surface area contributed by atoms with Crippen LogP contribution in [-0.4, -0.2) is 14.7 Å². The molecule has 0 saturated heterocycles. The molecule has 0 unspecified atom stereocenters. The first-order valence-corrected chi connectivity index (χ1v) is 6.17. The molecule has 0 aliphatic heterocycles. The van der Waals surface area contributed by atoms with E-state index in [1.54, 1.807) is 0 Å². The minimum Gasteiger partial charge on any atom is -0.392 e. The Hall–Kier alpha value is -2.33. The largest absolute Gasteiger partial charge is 0.392 e. The second-order valence-corrected chi connectivity index (χ2v) is 4.52. The summed E-state index contributed by atoms with van der Waals surface area (Å²) < 4.78 is 1.98. The maximum absolute atomic E-state index is 9.14. The number of aliphatic hydroxyl groups is 1. The Balaban J connectivity index is 2.06. The summed E-state index contributed by atoms with van der Waals surface area (Å²) in [5, 5.41) is 9.14. The van der Waals surface area contributed by atoms with Gasteiger partial charge in [-0.25, -0.2) is 4.98 Å². The second-order valence-electron chi connectivity index (χ2n) is 4.52. The van der Waals surface area contributed by atoms with E-state index in [1.165, 1.54) is 5.56 Å². The van der Waals surface area contributed by atoms with Gasteiger partial charge in [0.25, 0.3) is 0 Å². The third-order valence-corrected chi connectivity index (χ3v) is 3.21. The summed E-state index contributed by atoms with van der Waals surface area (Å²) >= 11 is 0. The van der Waals surface area contributed by atoms with Crippen LogP contribution in [0.4, 0.5) is 5.95 Å². The van der Waals surface area contributed by atoms with Crippen LogP contribution in [0.15, 0.2) is 48.5 Å². The van der Waals surface area contributed by atoms with E-state index in [9.17, 15) is 0 Å². The summed E-state index contributed by atoms with van der Waals surface area (Å²) in [6.45, 7) is 0.711. The number of nitrogens with two attached hydrogens (primary N) is 1. The van der Waals surface area contributed by atoms with E-state index in [0.717, 1.165) is 16.6 Å². The molecule has 96 valence electrons. The lowest BCUT2D eigenvalue weighted by Gasteiger charge is -2.06. The van der Waals surface area contributed by atoms with Gasteiger partial charge in [0.2, 0.25) is 5.95 Å². The van der Waals surface area contributed by atoms with E-state index in [0.29, 0.717) is 12.5 Å². The highest BCUT2D eigenvalue weighted by Gasteiger charge is 2.08. The van der Waals surface area contributed by atoms with Crippen LogP contribution in [0.25, 0.3) is 11.0 Å². The summed E-state index contributed by atoms with van der Waals surface area (Å²) in [4.78, 5) is 4.35. The maximum Gasteiger partial charge on any atom is 0.201 e. The number of imidazole rings is 1. The van der Waals surface area contributed by atoms with Crippen molar-refractivity contribution in [1.82, 2.24) is 9.55 Å². The van der Waals surface area contributed by atoms with Gasteiger partial charge in [-0.2, -0.15) is 0 Å². The van der Waals surface area contributed by atoms with E-state index in [-0.39, 0.29) is 6.61 Å². The fraction of sp³-hybridized carbons (Fsp3) is 0.133. The van der Waals surface area contributed by atoms with E-state index in [2.05, 4.69) is 17.1 Å². The fourth-order valence-electron chi connectivity index (χ4n) is 2.22. The number of anilines is 1. The lowest BCUT2D eigenvalue weighted by atomic mass is 10.2. The Labute approximate surface area is 111 Å². The normalized spacial score (nSPS) is 11.0. The topological polar surface area (TPSA) is 64.1 Å². The van der Waals surface area contributed by atoms with Gasteiger partial charge in [-0.15, -0.1) is 0 Å². The van der Waals surface area contributed by atoms with Gasteiger partial charge in [-0.05, 0) is 23.3 Å². The fourth-order valence-corrected chi connectivity index (χ4v) is 2.22. The van der Waals surface area contributed by atoms with Crippen molar-refractivity contribution in [3.8, 4) is 0 Å². The Bertz CT molecular complexity index is 704. The summed E-state index contributed by atoms with van der Waals surface area (Å²) in [5.41, 5.74) is 9.81. The molecule has 19 heavy (non-hydrogen) atoms. The zero-order valence-electron chi connectivity index (χ0n) is 10.5. The number of fused-ring (bicyclic) bond motifs is 1. The predicted octanol–water partition coefficient (Wildman–Crippen LogP) is 2.16. The number of hydrogen-bond acceptors (Lipinski definition) is 3. The molecule has 3 aromatic rings. The maximum atomic E-state index is 9.14. The molecule has 0 aliphatic carbocycles. The lowest BCUT2D eigenvalue weighted by molar-refractivity contribution is 0.282. The van der Waals surface area contributed by atoms with Gasteiger partial charge in [-0.1, -0.05) is 36.4 Å². The van der Waals surface area contributed by atoms with Crippen molar-refractivity contribution in [2.45, 2.75) is 13.2 Å². The number of aliphatic hydroxyl groups excluding tert-OH is 1. The van der Waals surface area contributed by atoms with Crippen LogP contribution in [0.3, 0.4) is 0 Å². The van der Waals surface area contributed by atoms with Gasteiger partial charge in [0.1, 0.15) is 0 Å². The third kappa shape index (κ3) is 2.18. The smallest absolute Gasteiger partial charge is 0.201 e. The van der Waals surface area contributed by atoms with E-state index < -0.39 is 0 Å². The first kappa shape index (κ1) is 11.7. The molecule has 0 bridgehead atoms. The van der Waals surface area contributed by atoms with Crippen molar-refractivity contribution in [1.29, 1.82) is 0 Å². The number of nitrogens with zero attached hydrogens (tertiary/aromatic N) is 2. The number of nitrogen functional groups attached to an aromatic ring is 1. The number of rotatable bonds is 3. The van der Waals surface area contributed by atoms with Crippen molar-refractivity contribution in [3.63, 3.8) is 0 Å². The minimum absolute atomic E-state index is 0.0153. The molecule has 3 N–H and O–H groups in total. The van der Waals surface area contributed by atoms with Crippen LogP contribution < -0.4 is 5.73 Å². The van der Waals surface area contributed by atoms with Crippen molar-refractivity contribution in [2.24, 2.45) is 0 Å². The first-order valence-electron chi connectivity index (χ1n) is 6.17. The van der Waals surface area contributed by atoms with Crippen molar-refractivity contribution in [3.05, 3.63) is 59.7 Å². The highest BCUT2D eigenvalue weighted by Crippen LogP contribution is 2.20. The lowest BCUT2D eigenvalue weighted by Crippen LogP contribution is -2.04. The minimum atomic E-state index is 0.0153. The zero-order valence-corrected chi connectivity index (χ0v) is 10.5. The number of benzene rings is 2. The van der Waals surface area contributed by atoms with Crippen LogP contribution in [-0.2, 0) is 13.2 Å². The monoisotopic (exact) mass is 253 g/mol. The summed E-state index contributed by atoms with van der Waals surface area (Å²) in [7, 11) is 0. The van der Waals surface area contributed by atoms with Crippen molar-refractivity contribution < 1.29 is 5.11 Å². The molecule has 0 fully saturated rings. The number of aromatic nitrogens is 2. The highest BCUT2D eigenvalue weighted by molar-refractivity contribution is 5.79. The Morgan fingerprint density at radius 1 is 1.05 bits per heavy atom. The van der Waals surface area contributed by atoms with Gasteiger partial charge < -0.3 is 15.4 Å². The van der Waals surface area contributed by atoms with Gasteiger partial charge in [0.05, 0.1) is 24.2 Å². The molecule has 0 atom stereocenters. The molecule has 3 rings (SSSR count). The van der Waals surface area contributed by atoms with Gasteiger partial charge in [-0.3, -0.25) is 0 Å². The molecule has 0 saturated carbocycles. The van der Waals surface area contributed by atoms with Crippen LogP contribution >= 0.6 is 0 Å². The summed E-state index contributed by atoms with van der Waals surface area (Å²) in [6, 6.07) is 15.8. The van der Waals surface area contributed by atoms with E-state index in [4.69, 9.17) is 10.8 Å². The van der Waals surface area contributed by atoms with Gasteiger partial charge in [0, 0.05) is 0 Å². The van der Waals surface area contributed by atoms with Gasteiger partial charge in [0.15, 0.2) is 0 Å². The standard InChI is InChI=1S/C15H15N3O/c16-15-17-13-8-12(10-19)6-7-14(13)18(15)9-11-4-2-1-3-5-11/h1-8,19H,9-10H2,(H2,16,17). The quantitative estimate of drug-likeness (QED) is 0.751. The van der Waals surface area contributed by atoms with Crippen molar-refractivity contribution >= 4 is 17.0 Å². The average Bonchev–Trinajstić information content (AvgIpc) is 2.75. The molecular formula is C15H15N3O. The van der Waals surface area contributed by atoms with Crippen LogP contribution in [0, 0.1) is 0 Å². The van der Waals surface area contributed by atoms with E-state index >= 15 is 0 Å². The Morgan fingerprint density at radius 3 is 2.58 bits per heavy atom. The van der Waals surface area contributed by atoms with E-state index in [1.807, 2.05) is 41.0 Å². The summed E-state index contributed by atoms with van der Waals surface area (Å²) in [5.74, 6) is 0.494. The molecule has 0 spiro atoms. The third-order valence-electron chi connectivity index (χ3n) is 3.21. The van der Waals surface area contributed by atoms with Crippen LogP contribution in [0.5, 0.6) is 0 Å². The van der Waals surface area contributed by atoms with Gasteiger partial charge >= 0.3 is 0 Å². The molecule has 1 aromatic heterocycles. The Morgan fingerprint density at radius 2 is 1.84 bits per heavy atom. The molecule has 4 nitrogen and oxygen atoms in total. The SMILES string of the molecule is Nc1nc2cc(CO)ccc2n1Cc1ccccc1. The second kappa shape index (κ2) is 4.74. The molecule has 2 aromatic carbocycles. The molecule has 0 radical (unpaired) electrons. The van der Waals surface area contributed by atoms with Crippen molar-refractivity contribution in [2.75, 3.05) is 5.73 Å². The van der Waals surface area contributed by atoms with Crippen LogP contribution in [0.2, 0.25) is 0 Å². The predicted molar refractivity (Wildman–Crippen MR) is 75.6 cm³/mol. The zero-order chi connectivity index (χ0) is 13.2. The summed E-state index contributed by atoms with van der Waals surface area (Å²) in [6.07, 6.45) is 0. The average molecular weight is 253 g/mol. The molecule has 0 aliphatic rings. The molecule has 0 amide bonds. The molecular weight excluding hydrogens is 238 g/mol. The van der Waals surface area contributed by atoms with Crippen LogP contribution in [0.1, 0.15) is 11.1 Å². The molecule has 1 heterocycles. The Kier molecular flexibility index (Phi) is 2.93. The first-order chi connectivity index (χ1) is 9.28. The highest BCUT2D eigenvalue weighted by atomic mass is 16.3. The number of hydrogen-bond donors (Lipinski definition) is 2. The molecule has 4 heteroatoms.